The first-order valence-corrected chi connectivity index (χ1v) is 9.24. The fraction of sp³-hybridized carbons (Fsp3) is 0.150. The third kappa shape index (κ3) is 4.07. The van der Waals surface area contributed by atoms with E-state index in [9.17, 15) is 0 Å². The standard InChI is InChI=1S/C20H18Cl3N3/c1-13-10-15(14(2)26(13)17-8-6-16(21)7-9-17)11-24-25-12-18-19(22)4-3-5-20(18)23/h3-11,25H,12H2,1-2H3/b24-11+. The number of rotatable bonds is 5. The molecule has 0 unspecified atom stereocenters. The first-order valence-electron chi connectivity index (χ1n) is 8.11. The van der Waals surface area contributed by atoms with Crippen molar-refractivity contribution in [3.8, 4) is 5.69 Å². The van der Waals surface area contributed by atoms with Gasteiger partial charge in [-0.15, -0.1) is 0 Å². The van der Waals surface area contributed by atoms with Crippen LogP contribution in [0.3, 0.4) is 0 Å². The Hall–Kier alpha value is -1.94. The Morgan fingerprint density at radius 1 is 1.00 bits per heavy atom. The van der Waals surface area contributed by atoms with Gasteiger partial charge in [0.1, 0.15) is 0 Å². The Morgan fingerprint density at radius 3 is 2.31 bits per heavy atom. The molecule has 3 aromatic rings. The molecule has 3 nitrogen and oxygen atoms in total. The van der Waals surface area contributed by atoms with Gasteiger partial charge in [0.05, 0.1) is 12.8 Å². The van der Waals surface area contributed by atoms with Crippen LogP contribution in [0.1, 0.15) is 22.5 Å². The van der Waals surface area contributed by atoms with Crippen molar-refractivity contribution in [3.05, 3.63) is 86.1 Å². The molecule has 0 atom stereocenters. The second kappa shape index (κ2) is 8.17. The maximum Gasteiger partial charge on any atom is 0.0609 e. The summed E-state index contributed by atoms with van der Waals surface area (Å²) in [5.74, 6) is 0. The molecular weight excluding hydrogens is 389 g/mol. The van der Waals surface area contributed by atoms with Gasteiger partial charge in [-0.25, -0.2) is 0 Å². The lowest BCUT2D eigenvalue weighted by molar-refractivity contribution is 0.748. The van der Waals surface area contributed by atoms with E-state index in [4.69, 9.17) is 34.8 Å². The highest BCUT2D eigenvalue weighted by Gasteiger charge is 2.09. The van der Waals surface area contributed by atoms with Crippen LogP contribution in [0, 0.1) is 13.8 Å². The van der Waals surface area contributed by atoms with Gasteiger partial charge in [-0.3, -0.25) is 0 Å². The summed E-state index contributed by atoms with van der Waals surface area (Å²) in [5, 5.41) is 6.29. The molecule has 0 saturated carbocycles. The van der Waals surface area contributed by atoms with Gasteiger partial charge in [-0.1, -0.05) is 40.9 Å². The van der Waals surface area contributed by atoms with Crippen LogP contribution in [0.2, 0.25) is 15.1 Å². The second-order valence-electron chi connectivity index (χ2n) is 5.93. The molecule has 1 heterocycles. The van der Waals surface area contributed by atoms with Gasteiger partial charge in [0.15, 0.2) is 0 Å². The molecule has 2 aromatic carbocycles. The average Bonchev–Trinajstić information content (AvgIpc) is 2.89. The summed E-state index contributed by atoms with van der Waals surface area (Å²) in [6.45, 7) is 4.59. The maximum atomic E-state index is 6.16. The summed E-state index contributed by atoms with van der Waals surface area (Å²) in [6, 6.07) is 15.3. The van der Waals surface area contributed by atoms with E-state index in [1.165, 1.54) is 0 Å². The minimum absolute atomic E-state index is 0.463. The molecule has 3 rings (SSSR count). The molecule has 0 aliphatic carbocycles. The lowest BCUT2D eigenvalue weighted by Gasteiger charge is -2.09. The zero-order valence-corrected chi connectivity index (χ0v) is 16.7. The van der Waals surface area contributed by atoms with E-state index in [1.807, 2.05) is 42.5 Å². The maximum absolute atomic E-state index is 6.16. The SMILES string of the molecule is Cc1cc(/C=N/NCc2c(Cl)cccc2Cl)c(C)n1-c1ccc(Cl)cc1. The van der Waals surface area contributed by atoms with Crippen molar-refractivity contribution < 1.29 is 0 Å². The van der Waals surface area contributed by atoms with Crippen LogP contribution in [-0.2, 0) is 6.54 Å². The Labute approximate surface area is 168 Å². The predicted molar refractivity (Wildman–Crippen MR) is 111 cm³/mol. The third-order valence-corrected chi connectivity index (χ3v) is 5.13. The molecule has 26 heavy (non-hydrogen) atoms. The summed E-state index contributed by atoms with van der Waals surface area (Å²) in [5.41, 5.74) is 8.18. The molecule has 0 spiro atoms. The van der Waals surface area contributed by atoms with Crippen LogP contribution in [0.4, 0.5) is 0 Å². The summed E-state index contributed by atoms with van der Waals surface area (Å²) in [7, 11) is 0. The number of aromatic nitrogens is 1. The van der Waals surface area contributed by atoms with E-state index in [0.29, 0.717) is 16.6 Å². The molecular formula is C20H18Cl3N3. The Balaban J connectivity index is 1.75. The van der Waals surface area contributed by atoms with Gasteiger partial charge in [0, 0.05) is 43.3 Å². The molecule has 0 amide bonds. The Morgan fingerprint density at radius 2 is 1.65 bits per heavy atom. The first kappa shape index (κ1) is 18.8. The molecule has 0 aliphatic heterocycles. The highest BCUT2D eigenvalue weighted by atomic mass is 35.5. The van der Waals surface area contributed by atoms with Crippen molar-refractivity contribution in [2.24, 2.45) is 5.10 Å². The van der Waals surface area contributed by atoms with Crippen molar-refractivity contribution in [1.29, 1.82) is 0 Å². The third-order valence-electron chi connectivity index (χ3n) is 4.17. The monoisotopic (exact) mass is 405 g/mol. The summed E-state index contributed by atoms with van der Waals surface area (Å²) >= 11 is 18.3. The van der Waals surface area contributed by atoms with Crippen molar-refractivity contribution in [2.45, 2.75) is 20.4 Å². The second-order valence-corrected chi connectivity index (χ2v) is 7.18. The number of hydrazone groups is 1. The minimum Gasteiger partial charge on any atom is -0.318 e. The molecule has 6 heteroatoms. The van der Waals surface area contributed by atoms with E-state index >= 15 is 0 Å². The van der Waals surface area contributed by atoms with Crippen LogP contribution in [0.25, 0.3) is 5.69 Å². The molecule has 0 saturated heterocycles. The van der Waals surface area contributed by atoms with E-state index in [0.717, 1.165) is 33.2 Å². The molecule has 0 aliphatic rings. The summed E-state index contributed by atoms with van der Waals surface area (Å²) in [6.07, 6.45) is 1.81. The minimum atomic E-state index is 0.463. The molecule has 0 fully saturated rings. The van der Waals surface area contributed by atoms with Crippen molar-refractivity contribution in [1.82, 2.24) is 9.99 Å². The fourth-order valence-corrected chi connectivity index (χ4v) is 3.50. The lowest BCUT2D eigenvalue weighted by atomic mass is 10.2. The lowest BCUT2D eigenvalue weighted by Crippen LogP contribution is -2.07. The van der Waals surface area contributed by atoms with E-state index in [1.54, 1.807) is 6.21 Å². The molecule has 1 aromatic heterocycles. The van der Waals surface area contributed by atoms with Crippen LogP contribution >= 0.6 is 34.8 Å². The van der Waals surface area contributed by atoms with Gasteiger partial charge >= 0.3 is 0 Å². The van der Waals surface area contributed by atoms with Crippen molar-refractivity contribution in [2.75, 3.05) is 0 Å². The number of halogens is 3. The van der Waals surface area contributed by atoms with E-state index < -0.39 is 0 Å². The molecule has 0 bridgehead atoms. The van der Waals surface area contributed by atoms with Crippen LogP contribution in [0.15, 0.2) is 53.6 Å². The quantitative estimate of drug-likeness (QED) is 0.398. The fourth-order valence-electron chi connectivity index (χ4n) is 2.85. The Kier molecular flexibility index (Phi) is 5.92. The summed E-state index contributed by atoms with van der Waals surface area (Å²) < 4.78 is 2.17. The molecule has 134 valence electrons. The Bertz CT molecular complexity index is 923. The molecule has 0 radical (unpaired) electrons. The smallest absolute Gasteiger partial charge is 0.0609 e. The molecule has 1 N–H and O–H groups in total. The topological polar surface area (TPSA) is 29.3 Å². The zero-order valence-electron chi connectivity index (χ0n) is 14.4. The number of nitrogens with one attached hydrogen (secondary N) is 1. The normalized spacial score (nSPS) is 11.3. The first-order chi connectivity index (χ1) is 12.5. The number of hydrogen-bond donors (Lipinski definition) is 1. The van der Waals surface area contributed by atoms with Crippen LogP contribution < -0.4 is 5.43 Å². The van der Waals surface area contributed by atoms with Gasteiger partial charge in [0.2, 0.25) is 0 Å². The zero-order chi connectivity index (χ0) is 18.7. The highest BCUT2D eigenvalue weighted by Crippen LogP contribution is 2.24. The highest BCUT2D eigenvalue weighted by molar-refractivity contribution is 6.36. The van der Waals surface area contributed by atoms with Gasteiger partial charge < -0.3 is 9.99 Å². The van der Waals surface area contributed by atoms with Crippen LogP contribution in [-0.4, -0.2) is 10.8 Å². The van der Waals surface area contributed by atoms with Gasteiger partial charge in [0.25, 0.3) is 0 Å². The number of hydrogen-bond acceptors (Lipinski definition) is 2. The van der Waals surface area contributed by atoms with E-state index in [2.05, 4.69) is 35.0 Å². The van der Waals surface area contributed by atoms with Crippen LogP contribution in [0.5, 0.6) is 0 Å². The number of nitrogens with zero attached hydrogens (tertiary/aromatic N) is 2. The summed E-state index contributed by atoms with van der Waals surface area (Å²) in [4.78, 5) is 0. The van der Waals surface area contributed by atoms with Gasteiger partial charge in [-0.05, 0) is 56.3 Å². The van der Waals surface area contributed by atoms with Crippen molar-refractivity contribution in [3.63, 3.8) is 0 Å². The van der Waals surface area contributed by atoms with Gasteiger partial charge in [-0.2, -0.15) is 5.10 Å². The van der Waals surface area contributed by atoms with Crippen molar-refractivity contribution >= 4 is 41.0 Å². The predicted octanol–water partition coefficient (Wildman–Crippen LogP) is 6.18. The largest absolute Gasteiger partial charge is 0.318 e. The number of benzene rings is 2. The van der Waals surface area contributed by atoms with E-state index in [-0.39, 0.29) is 0 Å². The number of aryl methyl sites for hydroxylation is 1. The average molecular weight is 407 g/mol.